The first-order chi connectivity index (χ1) is 9.81. The van der Waals surface area contributed by atoms with Gasteiger partial charge < -0.3 is 4.74 Å². The van der Waals surface area contributed by atoms with E-state index in [4.69, 9.17) is 4.74 Å². The highest BCUT2D eigenvalue weighted by molar-refractivity contribution is 8.02. The van der Waals surface area contributed by atoms with E-state index in [1.807, 2.05) is 0 Å². The predicted octanol–water partition coefficient (Wildman–Crippen LogP) is 3.06. The van der Waals surface area contributed by atoms with Crippen LogP contribution < -0.4 is 0 Å². The lowest BCUT2D eigenvalue weighted by molar-refractivity contribution is -0.396. The lowest BCUT2D eigenvalue weighted by Gasteiger charge is -2.03. The van der Waals surface area contributed by atoms with Gasteiger partial charge in [0, 0.05) is 13.0 Å². The van der Waals surface area contributed by atoms with Crippen LogP contribution in [-0.4, -0.2) is 22.4 Å². The summed E-state index contributed by atoms with van der Waals surface area (Å²) < 4.78 is 4.78. The summed E-state index contributed by atoms with van der Waals surface area (Å²) in [6.45, 7) is 3.07. The molecule has 0 N–H and O–H groups in total. The van der Waals surface area contributed by atoms with Crippen LogP contribution in [0.25, 0.3) is 0 Å². The number of hydrogen-bond donors (Lipinski definition) is 0. The number of nitrogens with zero attached hydrogens (tertiary/aromatic N) is 2. The number of thioether (sulfide) groups is 1. The van der Waals surface area contributed by atoms with Crippen molar-refractivity contribution in [2.24, 2.45) is 0 Å². The molecule has 112 valence electrons. The van der Waals surface area contributed by atoms with Gasteiger partial charge in [-0.2, -0.15) is 0 Å². The number of benzene rings is 1. The van der Waals surface area contributed by atoms with Crippen molar-refractivity contribution in [3.8, 4) is 0 Å². The van der Waals surface area contributed by atoms with Gasteiger partial charge in [0.25, 0.3) is 11.4 Å². The number of hydrogen-bond acceptors (Lipinski definition) is 7. The zero-order valence-corrected chi connectivity index (χ0v) is 12.1. The second-order valence-electron chi connectivity index (χ2n) is 4.03. The summed E-state index contributed by atoms with van der Waals surface area (Å²) >= 11 is 1.04. The summed E-state index contributed by atoms with van der Waals surface area (Å²) in [4.78, 5) is 31.1. The maximum absolute atomic E-state index is 10.9. The molecule has 0 aliphatic carbocycles. The van der Waals surface area contributed by atoms with Crippen molar-refractivity contribution in [2.45, 2.75) is 18.7 Å². The van der Waals surface area contributed by atoms with Gasteiger partial charge >= 0.3 is 5.97 Å². The number of esters is 1. The molecule has 0 radical (unpaired) electrons. The summed E-state index contributed by atoms with van der Waals surface area (Å²) in [7, 11) is 0. The predicted molar refractivity (Wildman–Crippen MR) is 76.0 cm³/mol. The van der Waals surface area contributed by atoms with Gasteiger partial charge in [-0.3, -0.25) is 25.0 Å². The number of non-ortho nitro benzene ring substituents is 1. The highest BCUT2D eigenvalue weighted by Gasteiger charge is 2.19. The molecular formula is C12H12N2O6S. The third-order valence-corrected chi connectivity index (χ3v) is 3.36. The fourth-order valence-electron chi connectivity index (χ4n) is 1.28. The normalized spacial score (nSPS) is 11.0. The molecule has 0 heterocycles. The van der Waals surface area contributed by atoms with Crippen LogP contribution in [0.1, 0.15) is 13.8 Å². The van der Waals surface area contributed by atoms with Crippen LogP contribution in [0.4, 0.5) is 11.4 Å². The Morgan fingerprint density at radius 2 is 1.95 bits per heavy atom. The molecule has 0 aliphatic rings. The lowest BCUT2D eigenvalue weighted by Crippen LogP contribution is -2.00. The van der Waals surface area contributed by atoms with E-state index in [1.165, 1.54) is 19.1 Å². The summed E-state index contributed by atoms with van der Waals surface area (Å²) in [6.07, 6.45) is 0. The second kappa shape index (κ2) is 7.39. The minimum atomic E-state index is -0.691. The van der Waals surface area contributed by atoms with E-state index in [0.717, 1.165) is 17.8 Å². The first-order valence-electron chi connectivity index (χ1n) is 5.69. The van der Waals surface area contributed by atoms with Crippen LogP contribution in [-0.2, 0) is 9.53 Å². The maximum atomic E-state index is 10.9. The molecule has 0 saturated heterocycles. The average molecular weight is 312 g/mol. The van der Waals surface area contributed by atoms with Crippen LogP contribution in [0.15, 0.2) is 34.1 Å². The zero-order chi connectivity index (χ0) is 16.0. The summed E-state index contributed by atoms with van der Waals surface area (Å²) in [6, 6.07) is 3.43. The number of nitro benzene ring substituents is 2. The van der Waals surface area contributed by atoms with Crippen LogP contribution in [0.3, 0.4) is 0 Å². The van der Waals surface area contributed by atoms with Crippen molar-refractivity contribution in [3.05, 3.63) is 49.4 Å². The van der Waals surface area contributed by atoms with Crippen molar-refractivity contribution < 1.29 is 19.4 Å². The van der Waals surface area contributed by atoms with Gasteiger partial charge in [0.05, 0.1) is 20.8 Å². The van der Waals surface area contributed by atoms with E-state index in [9.17, 15) is 25.0 Å². The number of carbonyl (C=O) groups excluding carboxylic acids is 1. The van der Waals surface area contributed by atoms with E-state index in [0.29, 0.717) is 5.57 Å². The average Bonchev–Trinajstić information content (AvgIpc) is 2.42. The van der Waals surface area contributed by atoms with Gasteiger partial charge in [-0.25, -0.2) is 0 Å². The molecule has 0 aliphatic heterocycles. The highest BCUT2D eigenvalue weighted by Crippen LogP contribution is 2.33. The summed E-state index contributed by atoms with van der Waals surface area (Å²) in [5, 5.41) is 23.1. The minimum Gasteiger partial charge on any atom is -0.461 e. The molecule has 1 rings (SSSR count). The summed E-state index contributed by atoms with van der Waals surface area (Å²) in [5.74, 6) is -0.422. The van der Waals surface area contributed by atoms with E-state index in [-0.39, 0.29) is 22.9 Å². The standard InChI is InChI=1S/C12H12N2O6S/c1-8(6-20-9(2)15)7-21-12-4-3-10(13(16)17)5-11(12)14(18)19/h3-5,7H,6H2,1-2H3. The Kier molecular flexibility index (Phi) is 5.85. The Bertz CT molecular complexity index is 614. The minimum absolute atomic E-state index is 0.0864. The van der Waals surface area contributed by atoms with Gasteiger partial charge in [0.2, 0.25) is 0 Å². The number of nitro groups is 2. The van der Waals surface area contributed by atoms with Gasteiger partial charge in [-0.05, 0) is 24.0 Å². The van der Waals surface area contributed by atoms with Crippen LogP contribution in [0, 0.1) is 20.2 Å². The van der Waals surface area contributed by atoms with Crippen molar-refractivity contribution in [2.75, 3.05) is 6.61 Å². The Hall–Kier alpha value is -2.42. The monoisotopic (exact) mass is 312 g/mol. The third-order valence-electron chi connectivity index (χ3n) is 2.24. The second-order valence-corrected chi connectivity index (χ2v) is 4.94. The molecule has 0 atom stereocenters. The SMILES string of the molecule is CC(=O)OCC(C)=CSc1ccc([N+](=O)[O-])cc1[N+](=O)[O-]. The van der Waals surface area contributed by atoms with Crippen LogP contribution >= 0.6 is 11.8 Å². The van der Waals surface area contributed by atoms with Crippen molar-refractivity contribution >= 4 is 29.1 Å². The molecule has 8 nitrogen and oxygen atoms in total. The molecule has 9 heteroatoms. The molecule has 0 aromatic heterocycles. The molecular weight excluding hydrogens is 300 g/mol. The molecule has 0 spiro atoms. The van der Waals surface area contributed by atoms with Crippen LogP contribution in [0.2, 0.25) is 0 Å². The van der Waals surface area contributed by atoms with E-state index in [1.54, 1.807) is 12.3 Å². The topological polar surface area (TPSA) is 113 Å². The largest absolute Gasteiger partial charge is 0.461 e. The molecule has 0 saturated carbocycles. The first-order valence-corrected chi connectivity index (χ1v) is 6.57. The zero-order valence-electron chi connectivity index (χ0n) is 11.3. The molecule has 0 bridgehead atoms. The highest BCUT2D eigenvalue weighted by atomic mass is 32.2. The Labute approximate surface area is 124 Å². The lowest BCUT2D eigenvalue weighted by atomic mass is 10.3. The molecule has 0 amide bonds. The number of rotatable bonds is 6. The maximum Gasteiger partial charge on any atom is 0.302 e. The van der Waals surface area contributed by atoms with E-state index >= 15 is 0 Å². The Morgan fingerprint density at radius 1 is 1.29 bits per heavy atom. The molecule has 1 aromatic rings. The third kappa shape index (κ3) is 5.22. The Balaban J connectivity index is 2.92. The van der Waals surface area contributed by atoms with Crippen molar-refractivity contribution in [3.63, 3.8) is 0 Å². The quantitative estimate of drug-likeness (QED) is 0.343. The molecule has 21 heavy (non-hydrogen) atoms. The fourth-order valence-corrected chi connectivity index (χ4v) is 2.07. The smallest absolute Gasteiger partial charge is 0.302 e. The summed E-state index contributed by atoms with van der Waals surface area (Å²) in [5.41, 5.74) is 0.0141. The Morgan fingerprint density at radius 3 is 2.48 bits per heavy atom. The molecule has 0 unspecified atom stereocenters. The van der Waals surface area contributed by atoms with Gasteiger partial charge in [0.15, 0.2) is 0 Å². The van der Waals surface area contributed by atoms with Gasteiger partial charge in [-0.1, -0.05) is 11.8 Å². The van der Waals surface area contributed by atoms with Crippen molar-refractivity contribution in [1.29, 1.82) is 0 Å². The fraction of sp³-hybridized carbons (Fsp3) is 0.250. The van der Waals surface area contributed by atoms with E-state index < -0.39 is 15.8 Å². The van der Waals surface area contributed by atoms with Gasteiger partial charge in [-0.15, -0.1) is 0 Å². The first kappa shape index (κ1) is 16.6. The van der Waals surface area contributed by atoms with Gasteiger partial charge in [0.1, 0.15) is 6.61 Å². The molecule has 1 aromatic carbocycles. The van der Waals surface area contributed by atoms with E-state index in [2.05, 4.69) is 0 Å². The number of carbonyl (C=O) groups is 1. The van der Waals surface area contributed by atoms with Crippen molar-refractivity contribution in [1.82, 2.24) is 0 Å². The van der Waals surface area contributed by atoms with Crippen LogP contribution in [0.5, 0.6) is 0 Å². The molecule has 0 fully saturated rings. The number of ether oxygens (including phenoxy) is 1.